The minimum Gasteiger partial charge on any atom is -0.481 e. The maximum absolute atomic E-state index is 12.9. The largest absolute Gasteiger partial charge is 0.481 e. The summed E-state index contributed by atoms with van der Waals surface area (Å²) >= 11 is 0. The van der Waals surface area contributed by atoms with Crippen LogP contribution in [-0.2, 0) is 14.3 Å². The number of hydrogen-bond acceptors (Lipinski definition) is 4. The molecular weight excluding hydrogens is 432 g/mol. The van der Waals surface area contributed by atoms with Crippen molar-refractivity contribution in [3.8, 4) is 11.1 Å². The van der Waals surface area contributed by atoms with Gasteiger partial charge in [-0.1, -0.05) is 48.5 Å². The van der Waals surface area contributed by atoms with Gasteiger partial charge in [-0.05, 0) is 66.2 Å². The summed E-state index contributed by atoms with van der Waals surface area (Å²) < 4.78 is 5.57. The number of hydrogen-bond donors (Lipinski definition) is 3. The Labute approximate surface area is 198 Å². The highest BCUT2D eigenvalue weighted by Gasteiger charge is 2.43. The summed E-state index contributed by atoms with van der Waals surface area (Å²) in [5.74, 6) is -0.214. The first-order valence-corrected chi connectivity index (χ1v) is 12.1. The Morgan fingerprint density at radius 2 is 1.59 bits per heavy atom. The second kappa shape index (κ2) is 9.49. The molecule has 3 N–H and O–H groups in total. The highest BCUT2D eigenvalue weighted by molar-refractivity contribution is 5.86. The smallest absolute Gasteiger partial charge is 0.407 e. The summed E-state index contributed by atoms with van der Waals surface area (Å²) in [5, 5.41) is 14.8. The minimum atomic E-state index is -1.01. The molecule has 34 heavy (non-hydrogen) atoms. The van der Waals surface area contributed by atoms with Gasteiger partial charge >= 0.3 is 12.1 Å². The Hall–Kier alpha value is -3.35. The summed E-state index contributed by atoms with van der Waals surface area (Å²) in [6.45, 7) is 0.138. The van der Waals surface area contributed by atoms with E-state index < -0.39 is 18.1 Å². The third-order valence-electron chi connectivity index (χ3n) is 7.77. The number of amides is 2. The molecule has 0 aliphatic heterocycles. The highest BCUT2D eigenvalue weighted by atomic mass is 16.5. The Bertz CT molecular complexity index is 1050. The van der Waals surface area contributed by atoms with Gasteiger partial charge in [0.05, 0.1) is 0 Å². The molecule has 3 aliphatic carbocycles. The minimum absolute atomic E-state index is 0.0200. The maximum Gasteiger partial charge on any atom is 0.407 e. The number of alkyl carbamates (subject to hydrolysis) is 1. The zero-order valence-electron chi connectivity index (χ0n) is 19.0. The first-order chi connectivity index (χ1) is 16.5. The van der Waals surface area contributed by atoms with Crippen molar-refractivity contribution >= 4 is 18.0 Å². The van der Waals surface area contributed by atoms with Crippen molar-refractivity contribution < 1.29 is 24.2 Å². The molecule has 2 fully saturated rings. The van der Waals surface area contributed by atoms with E-state index in [1.807, 2.05) is 36.4 Å². The second-order valence-corrected chi connectivity index (χ2v) is 9.65. The van der Waals surface area contributed by atoms with E-state index in [1.165, 1.54) is 6.42 Å². The molecule has 7 heteroatoms. The monoisotopic (exact) mass is 462 g/mol. The second-order valence-electron chi connectivity index (χ2n) is 9.65. The summed E-state index contributed by atoms with van der Waals surface area (Å²) in [6.07, 6.45) is 3.50. The fourth-order valence-corrected chi connectivity index (χ4v) is 5.87. The number of nitrogens with one attached hydrogen (secondary N) is 2. The van der Waals surface area contributed by atoms with Gasteiger partial charge in [0.25, 0.3) is 0 Å². The third kappa shape index (κ3) is 4.39. The first kappa shape index (κ1) is 22.4. The van der Waals surface area contributed by atoms with E-state index >= 15 is 0 Å². The number of fused-ring (bicyclic) bond motifs is 4. The Kier molecular flexibility index (Phi) is 6.26. The van der Waals surface area contributed by atoms with Crippen molar-refractivity contribution in [2.24, 2.45) is 11.8 Å². The van der Waals surface area contributed by atoms with Gasteiger partial charge < -0.3 is 20.5 Å². The van der Waals surface area contributed by atoms with Crippen molar-refractivity contribution in [2.45, 2.75) is 56.5 Å². The van der Waals surface area contributed by atoms with E-state index in [-0.39, 0.29) is 37.3 Å². The molecule has 0 radical (unpaired) electrons. The molecular formula is C27H30N2O5. The first-order valence-electron chi connectivity index (χ1n) is 12.1. The predicted molar refractivity (Wildman–Crippen MR) is 126 cm³/mol. The summed E-state index contributed by atoms with van der Waals surface area (Å²) in [6, 6.07) is 15.3. The van der Waals surface area contributed by atoms with Crippen LogP contribution in [-0.4, -0.2) is 41.8 Å². The van der Waals surface area contributed by atoms with Crippen LogP contribution in [0.3, 0.4) is 0 Å². The Morgan fingerprint density at radius 1 is 0.941 bits per heavy atom. The normalized spacial score (nSPS) is 23.1. The van der Waals surface area contributed by atoms with Crippen LogP contribution >= 0.6 is 0 Å². The molecule has 0 spiro atoms. The van der Waals surface area contributed by atoms with Crippen molar-refractivity contribution in [2.75, 3.05) is 6.61 Å². The van der Waals surface area contributed by atoms with Crippen LogP contribution in [0, 0.1) is 11.8 Å². The van der Waals surface area contributed by atoms with Gasteiger partial charge in [0.2, 0.25) is 5.91 Å². The van der Waals surface area contributed by atoms with Crippen LogP contribution in [0.25, 0.3) is 11.1 Å². The molecule has 178 valence electrons. The van der Waals surface area contributed by atoms with E-state index in [2.05, 4.69) is 22.8 Å². The van der Waals surface area contributed by atoms with Gasteiger partial charge in [-0.15, -0.1) is 0 Å². The summed E-state index contributed by atoms with van der Waals surface area (Å²) in [5.41, 5.74) is 4.48. The number of carboxylic acid groups (broad SMARTS) is 1. The number of carboxylic acids is 1. The van der Waals surface area contributed by atoms with E-state index in [4.69, 9.17) is 9.84 Å². The fraction of sp³-hybridized carbons (Fsp3) is 0.444. The number of rotatable bonds is 8. The van der Waals surface area contributed by atoms with Crippen molar-refractivity contribution in [1.29, 1.82) is 0 Å². The fourth-order valence-electron chi connectivity index (χ4n) is 5.87. The molecule has 7 nitrogen and oxygen atoms in total. The lowest BCUT2D eigenvalue weighted by molar-refractivity contribution is -0.137. The molecule has 2 aromatic rings. The van der Waals surface area contributed by atoms with Crippen LogP contribution < -0.4 is 10.6 Å². The zero-order chi connectivity index (χ0) is 23.7. The SMILES string of the molecule is O=C(O)CCC(NC(=O)OCC1c2ccccc2-c2ccccc21)C(=O)NC1CCC2CCC21. The molecule has 4 unspecified atom stereocenters. The van der Waals surface area contributed by atoms with Gasteiger partial charge in [-0.3, -0.25) is 9.59 Å². The standard InChI is InChI=1S/C27H30N2O5/c30-25(31)14-13-24(26(32)28-23-12-10-16-9-11-17(16)23)29-27(33)34-15-22-20-7-3-1-5-18(20)19-6-2-4-8-21(19)22/h1-8,16-17,22-24H,9-15H2,(H,28,32)(H,29,33)(H,30,31). The van der Waals surface area contributed by atoms with Gasteiger partial charge in [0.15, 0.2) is 0 Å². The highest BCUT2D eigenvalue weighted by Crippen LogP contribution is 2.47. The maximum atomic E-state index is 12.9. The lowest BCUT2D eigenvalue weighted by Gasteiger charge is -2.34. The molecule has 0 bridgehead atoms. The van der Waals surface area contributed by atoms with Gasteiger partial charge in [0, 0.05) is 18.4 Å². The van der Waals surface area contributed by atoms with Gasteiger partial charge in [-0.2, -0.15) is 0 Å². The van der Waals surface area contributed by atoms with Crippen LogP contribution in [0.1, 0.15) is 55.6 Å². The van der Waals surface area contributed by atoms with Gasteiger partial charge in [0.1, 0.15) is 12.6 Å². The van der Waals surface area contributed by atoms with Crippen LogP contribution in [0.5, 0.6) is 0 Å². The Balaban J connectivity index is 1.22. The molecule has 0 aromatic heterocycles. The molecule has 2 aromatic carbocycles. The molecule has 3 aliphatic rings. The molecule has 0 saturated heterocycles. The van der Waals surface area contributed by atoms with E-state index in [0.717, 1.165) is 41.5 Å². The summed E-state index contributed by atoms with van der Waals surface area (Å²) in [7, 11) is 0. The van der Waals surface area contributed by atoms with Crippen LogP contribution in [0.2, 0.25) is 0 Å². The third-order valence-corrected chi connectivity index (χ3v) is 7.77. The summed E-state index contributed by atoms with van der Waals surface area (Å²) in [4.78, 5) is 36.7. The van der Waals surface area contributed by atoms with Crippen molar-refractivity contribution in [1.82, 2.24) is 10.6 Å². The van der Waals surface area contributed by atoms with Crippen molar-refractivity contribution in [3.63, 3.8) is 0 Å². The molecule has 2 saturated carbocycles. The number of ether oxygens (including phenoxy) is 1. The average molecular weight is 463 g/mol. The zero-order valence-corrected chi connectivity index (χ0v) is 19.0. The number of benzene rings is 2. The molecule has 4 atom stereocenters. The number of carbonyl (C=O) groups excluding carboxylic acids is 2. The lowest BCUT2D eigenvalue weighted by atomic mass is 9.75. The molecule has 0 heterocycles. The van der Waals surface area contributed by atoms with Crippen LogP contribution in [0.15, 0.2) is 48.5 Å². The number of aliphatic carboxylic acids is 1. The van der Waals surface area contributed by atoms with Gasteiger partial charge in [-0.25, -0.2) is 4.79 Å². The van der Waals surface area contributed by atoms with Crippen LogP contribution in [0.4, 0.5) is 4.79 Å². The predicted octanol–water partition coefficient (Wildman–Crippen LogP) is 4.06. The average Bonchev–Trinajstić information content (AvgIpc) is 3.27. The number of carbonyl (C=O) groups is 3. The molecule has 2 amide bonds. The van der Waals surface area contributed by atoms with E-state index in [0.29, 0.717) is 11.8 Å². The topological polar surface area (TPSA) is 105 Å². The molecule has 5 rings (SSSR count). The quantitative estimate of drug-likeness (QED) is 0.549. The van der Waals surface area contributed by atoms with Crippen molar-refractivity contribution in [3.05, 3.63) is 59.7 Å². The lowest BCUT2D eigenvalue weighted by Crippen LogP contribution is -2.51. The van der Waals surface area contributed by atoms with E-state index in [9.17, 15) is 14.4 Å². The van der Waals surface area contributed by atoms with E-state index in [1.54, 1.807) is 0 Å². The Morgan fingerprint density at radius 3 is 2.18 bits per heavy atom.